The van der Waals surface area contributed by atoms with Crippen LogP contribution in [-0.2, 0) is 32.0 Å². The molecule has 0 aliphatic carbocycles. The first-order chi connectivity index (χ1) is 24.0. The summed E-state index contributed by atoms with van der Waals surface area (Å²) in [6.45, 7) is 9.91. The molecule has 3 rings (SSSR count). The summed E-state index contributed by atoms with van der Waals surface area (Å²) in [5.74, 6) is 11.3. The largest absolute Gasteiger partial charge is 0.511 e. The fraction of sp³-hybridized carbons (Fsp3) is 0.455. The highest BCUT2D eigenvalue weighted by molar-refractivity contribution is 6.32. The zero-order valence-electron chi connectivity index (χ0n) is 29.0. The minimum absolute atomic E-state index is 0.0143. The monoisotopic (exact) mass is 716 g/mol. The van der Waals surface area contributed by atoms with Gasteiger partial charge in [0.15, 0.2) is 16.7 Å². The van der Waals surface area contributed by atoms with E-state index < -0.39 is 18.4 Å². The van der Waals surface area contributed by atoms with Crippen LogP contribution in [0.25, 0.3) is 11.1 Å². The van der Waals surface area contributed by atoms with Gasteiger partial charge < -0.3 is 34.9 Å². The first-order valence-corrected chi connectivity index (χ1v) is 16.7. The minimum Gasteiger partial charge on any atom is -0.434 e. The van der Waals surface area contributed by atoms with E-state index in [0.717, 1.165) is 35.1 Å². The predicted molar refractivity (Wildman–Crippen MR) is 185 cm³/mol. The van der Waals surface area contributed by atoms with Gasteiger partial charge in [0.2, 0.25) is 6.29 Å². The van der Waals surface area contributed by atoms with Crippen molar-refractivity contribution in [3.05, 3.63) is 76.3 Å². The second kappa shape index (κ2) is 19.8. The van der Waals surface area contributed by atoms with Gasteiger partial charge in [0.25, 0.3) is 10.2 Å². The lowest BCUT2D eigenvalue weighted by molar-refractivity contribution is -0.944. The highest BCUT2D eigenvalue weighted by Gasteiger charge is 2.26. The molecular weight excluding hydrogens is 670 g/mol. The van der Waals surface area contributed by atoms with Crippen LogP contribution in [0.2, 0.25) is 5.15 Å². The third kappa shape index (κ3) is 11.0. The molecule has 0 saturated carbocycles. The van der Waals surface area contributed by atoms with Crippen molar-refractivity contribution in [2.24, 2.45) is 22.1 Å². The number of carbonyl (C=O) groups is 2. The summed E-state index contributed by atoms with van der Waals surface area (Å²) in [7, 11) is 0. The molecule has 1 unspecified atom stereocenters. The van der Waals surface area contributed by atoms with Crippen LogP contribution < -0.4 is 17.1 Å². The maximum absolute atomic E-state index is 13.4. The Morgan fingerprint density at radius 1 is 1.08 bits per heavy atom. The fourth-order valence-electron chi connectivity index (χ4n) is 4.97. The molecule has 0 fully saturated rings. The van der Waals surface area contributed by atoms with E-state index in [1.165, 1.54) is 6.92 Å². The van der Waals surface area contributed by atoms with Crippen LogP contribution in [0.5, 0.6) is 0 Å². The molecule has 3 aromatic rings. The van der Waals surface area contributed by atoms with Crippen LogP contribution in [0.1, 0.15) is 81.3 Å². The van der Waals surface area contributed by atoms with Gasteiger partial charge in [-0.2, -0.15) is 5.10 Å². The molecule has 0 saturated heterocycles. The molecule has 16 nitrogen and oxygen atoms in total. The number of nitrogens with two attached hydrogens (primary N) is 2. The Kier molecular flexibility index (Phi) is 15.6. The quantitative estimate of drug-likeness (QED) is 0.0155. The molecule has 50 heavy (non-hydrogen) atoms. The number of rotatable bonds is 18. The van der Waals surface area contributed by atoms with Crippen LogP contribution in [0.4, 0.5) is 4.79 Å². The topological polar surface area (TPSA) is 204 Å². The number of aryl methyl sites for hydroxylation is 1. The zero-order valence-corrected chi connectivity index (χ0v) is 29.8. The Bertz CT molecular complexity index is 1610. The lowest BCUT2D eigenvalue weighted by Crippen LogP contribution is -2.37. The zero-order chi connectivity index (χ0) is 36.6. The number of carbonyl (C=O) groups excluding carboxylic acids is 2. The highest BCUT2D eigenvalue weighted by Crippen LogP contribution is 2.26. The van der Waals surface area contributed by atoms with Gasteiger partial charge >= 0.3 is 12.1 Å². The molecule has 0 spiro atoms. The lowest BCUT2D eigenvalue weighted by Gasteiger charge is -2.16. The van der Waals surface area contributed by atoms with E-state index in [4.69, 9.17) is 42.3 Å². The molecule has 1 heterocycles. The van der Waals surface area contributed by atoms with E-state index >= 15 is 0 Å². The van der Waals surface area contributed by atoms with Crippen molar-refractivity contribution in [3.8, 4) is 11.1 Å². The second-order valence-electron chi connectivity index (χ2n) is 11.3. The third-order valence-electron chi connectivity index (χ3n) is 7.42. The number of halogens is 1. The Balaban J connectivity index is 1.64. The van der Waals surface area contributed by atoms with Crippen molar-refractivity contribution >= 4 is 29.6 Å². The van der Waals surface area contributed by atoms with Gasteiger partial charge in [-0.15, -0.1) is 5.01 Å². The maximum atomic E-state index is 13.4. The number of amidine groups is 1. The number of esters is 1. The van der Waals surface area contributed by atoms with Crippen molar-refractivity contribution in [1.29, 1.82) is 0 Å². The van der Waals surface area contributed by atoms with Crippen LogP contribution >= 0.6 is 11.6 Å². The Morgan fingerprint density at radius 2 is 1.80 bits per heavy atom. The lowest BCUT2D eigenvalue weighted by atomic mass is 9.98. The molecule has 0 aliphatic heterocycles. The summed E-state index contributed by atoms with van der Waals surface area (Å²) in [5, 5.41) is 18.8. The number of nitrogens with one attached hydrogen (secondary N) is 1. The fourth-order valence-corrected chi connectivity index (χ4v) is 5.25. The number of hydrogen-bond donors (Lipinski definition) is 4. The van der Waals surface area contributed by atoms with E-state index in [0.29, 0.717) is 29.6 Å². The number of hydrazine groups is 2. The molecule has 272 valence electrons. The van der Waals surface area contributed by atoms with Crippen molar-refractivity contribution in [3.63, 3.8) is 0 Å². The average molecular weight is 717 g/mol. The van der Waals surface area contributed by atoms with E-state index in [1.807, 2.05) is 69.3 Å². The molecule has 1 atom stereocenters. The summed E-state index contributed by atoms with van der Waals surface area (Å²) < 4.78 is 17.3. The summed E-state index contributed by atoms with van der Waals surface area (Å²) in [4.78, 5) is 35.7. The van der Waals surface area contributed by atoms with E-state index in [2.05, 4.69) is 27.7 Å². The molecule has 2 aromatic carbocycles. The molecule has 1 aromatic heterocycles. The molecule has 0 bridgehead atoms. The van der Waals surface area contributed by atoms with E-state index in [1.54, 1.807) is 9.58 Å². The van der Waals surface area contributed by atoms with Crippen LogP contribution in [-0.4, -0.2) is 74.8 Å². The van der Waals surface area contributed by atoms with Crippen LogP contribution in [0.15, 0.2) is 58.9 Å². The molecular formula is C33H47ClN9O7+. The average Bonchev–Trinajstić information content (AvgIpc) is 3.40. The normalized spacial score (nSPS) is 12.4. The molecule has 6 N–H and O–H groups in total. The maximum Gasteiger partial charge on any atom is 0.511 e. The summed E-state index contributed by atoms with van der Waals surface area (Å²) >= 11 is 6.49. The molecule has 0 aliphatic rings. The van der Waals surface area contributed by atoms with Gasteiger partial charge in [-0.3, -0.25) is 0 Å². The van der Waals surface area contributed by atoms with Crippen molar-refractivity contribution in [1.82, 2.24) is 20.0 Å². The molecule has 0 radical (unpaired) electrons. The Morgan fingerprint density at radius 3 is 2.44 bits per heavy atom. The Labute approximate surface area is 296 Å². The minimum atomic E-state index is -1.29. The van der Waals surface area contributed by atoms with E-state index in [-0.39, 0.29) is 43.1 Å². The number of nitrogens with zero attached hydrogens (tertiary/aromatic N) is 6. The molecule has 17 heteroatoms. The highest BCUT2D eigenvalue weighted by atomic mass is 35.5. The predicted octanol–water partition coefficient (Wildman–Crippen LogP) is 5.15. The van der Waals surface area contributed by atoms with Gasteiger partial charge in [0.1, 0.15) is 12.4 Å². The first-order valence-electron chi connectivity index (χ1n) is 16.3. The van der Waals surface area contributed by atoms with Crippen molar-refractivity contribution in [2.75, 3.05) is 19.8 Å². The van der Waals surface area contributed by atoms with Gasteiger partial charge in [-0.1, -0.05) is 73.5 Å². The SMILES string of the molecule is CCCCc1nc(Cl)c(C(=O)OC(C)OC(=O)OCCCO/N=[N+](\O)N(CC)C(C)C)n1Cc1ccc(-c2ccccc2/C(=N/N)NN)cc1. The molecule has 0 amide bonds. The van der Waals surface area contributed by atoms with Crippen LogP contribution in [0.3, 0.4) is 0 Å². The van der Waals surface area contributed by atoms with Gasteiger partial charge in [-0.25, -0.2) is 25.6 Å². The number of imidazole rings is 1. The number of benzene rings is 2. The van der Waals surface area contributed by atoms with Crippen molar-refractivity contribution in [2.45, 2.75) is 79.2 Å². The third-order valence-corrected chi connectivity index (χ3v) is 7.68. The summed E-state index contributed by atoms with van der Waals surface area (Å²) in [6.07, 6.45) is 0.264. The number of aromatic nitrogens is 2. The summed E-state index contributed by atoms with van der Waals surface area (Å²) in [6, 6.07) is 15.3. The van der Waals surface area contributed by atoms with Gasteiger partial charge in [0, 0.05) is 31.9 Å². The number of unbranched alkanes of at least 4 members (excludes halogenated alkanes) is 1. The van der Waals surface area contributed by atoms with Crippen LogP contribution in [0, 0.1) is 0 Å². The van der Waals surface area contributed by atoms with Gasteiger partial charge in [0.05, 0.1) is 19.2 Å². The first kappa shape index (κ1) is 39.3. The number of hydrogen-bond acceptors (Lipinski definition) is 11. The summed E-state index contributed by atoms with van der Waals surface area (Å²) in [5.41, 5.74) is 5.93. The number of ether oxygens (including phenoxy) is 3. The standard InChI is InChI=1S/C33H46ClN9O7/c1-6-8-14-28-37-30(34)29(32(44)49-23(5)50-33(45)47-19-11-20-48-40-43(46)42(7-2)22(3)4)41(28)21-24-15-17-25(18-16-24)26-12-9-10-13-27(26)31(38-35)39-36/h9-10,12-13,15-18,22-23,40,46H,6-8,11,14,19-21H2,1-5H3,(H3,35,36)/p+1. The van der Waals surface area contributed by atoms with E-state index in [9.17, 15) is 14.8 Å². The number of hydrazone groups is 1. The van der Waals surface area contributed by atoms with Gasteiger partial charge in [-0.05, 0) is 43.9 Å². The van der Waals surface area contributed by atoms with Crippen molar-refractivity contribution < 1.29 is 38.8 Å². The Hall–Kier alpha value is -5.09. The smallest absolute Gasteiger partial charge is 0.434 e. The second-order valence-corrected chi connectivity index (χ2v) is 11.7.